The van der Waals surface area contributed by atoms with Gasteiger partial charge in [-0.1, -0.05) is 30.2 Å². The molecule has 1 aliphatic heterocycles. The number of rotatable bonds is 3. The zero-order chi connectivity index (χ0) is 14.0. The summed E-state index contributed by atoms with van der Waals surface area (Å²) in [5.41, 5.74) is 5.97. The fourth-order valence-corrected chi connectivity index (χ4v) is 5.00. The Labute approximate surface area is 115 Å². The summed E-state index contributed by atoms with van der Waals surface area (Å²) in [4.78, 5) is 0. The van der Waals surface area contributed by atoms with Gasteiger partial charge in [-0.05, 0) is 37.8 Å². The second-order valence-corrected chi connectivity index (χ2v) is 7.75. The van der Waals surface area contributed by atoms with E-state index in [9.17, 15) is 8.42 Å². The van der Waals surface area contributed by atoms with Crippen LogP contribution in [0.2, 0.25) is 0 Å². The molecule has 1 aromatic rings. The quantitative estimate of drug-likeness (QED) is 0.655. The molecule has 1 saturated heterocycles. The lowest BCUT2D eigenvalue weighted by molar-refractivity contribution is 0.452. The van der Waals surface area contributed by atoms with E-state index in [1.807, 2.05) is 26.0 Å². The summed E-state index contributed by atoms with van der Waals surface area (Å²) < 4.78 is 24.5. The average molecular weight is 282 g/mol. The van der Waals surface area contributed by atoms with Crippen LogP contribution in [0.25, 0.3) is 0 Å². The van der Waals surface area contributed by atoms with Crippen LogP contribution in [0.4, 0.5) is 0 Å². The van der Waals surface area contributed by atoms with Gasteiger partial charge in [-0.2, -0.15) is 0 Å². The van der Waals surface area contributed by atoms with Gasteiger partial charge in [0.1, 0.15) is 0 Å². The number of nitrogens with one attached hydrogen (secondary N) is 1. The summed E-state index contributed by atoms with van der Waals surface area (Å²) >= 11 is 0. The van der Waals surface area contributed by atoms with Crippen LogP contribution in [0.5, 0.6) is 0 Å². The average Bonchev–Trinajstić information content (AvgIpc) is 2.34. The molecule has 0 radical (unpaired) electrons. The fraction of sp³-hybridized carbons (Fsp3) is 0.571. The minimum atomic E-state index is -3.05. The number of benzene rings is 1. The van der Waals surface area contributed by atoms with Crippen molar-refractivity contribution in [3.63, 3.8) is 0 Å². The summed E-state index contributed by atoms with van der Waals surface area (Å²) in [7, 11) is -3.05. The maximum atomic E-state index is 12.2. The van der Waals surface area contributed by atoms with Crippen molar-refractivity contribution in [2.75, 3.05) is 5.75 Å². The lowest BCUT2D eigenvalue weighted by atomic mass is 9.95. The molecular weight excluding hydrogens is 260 g/mol. The van der Waals surface area contributed by atoms with Gasteiger partial charge < -0.3 is 0 Å². The maximum Gasteiger partial charge on any atom is 0.155 e. The van der Waals surface area contributed by atoms with Gasteiger partial charge in [0.15, 0.2) is 9.84 Å². The number of sulfone groups is 1. The van der Waals surface area contributed by atoms with E-state index in [-0.39, 0.29) is 11.8 Å². The molecule has 0 aromatic heterocycles. The molecule has 19 heavy (non-hydrogen) atoms. The first-order valence-electron chi connectivity index (χ1n) is 6.70. The molecule has 0 bridgehead atoms. The van der Waals surface area contributed by atoms with Crippen LogP contribution in [0.15, 0.2) is 18.2 Å². The highest BCUT2D eigenvalue weighted by atomic mass is 32.2. The molecule has 0 aliphatic carbocycles. The Morgan fingerprint density at radius 2 is 2.05 bits per heavy atom. The maximum absolute atomic E-state index is 12.2. The normalized spacial score (nSPS) is 24.1. The minimum Gasteiger partial charge on any atom is -0.271 e. The van der Waals surface area contributed by atoms with Crippen molar-refractivity contribution >= 4 is 9.84 Å². The van der Waals surface area contributed by atoms with Gasteiger partial charge in [0, 0.05) is 0 Å². The Bertz CT molecular complexity index is 555. The highest BCUT2D eigenvalue weighted by molar-refractivity contribution is 7.92. The Kier molecular flexibility index (Phi) is 4.28. The first-order chi connectivity index (χ1) is 8.95. The van der Waals surface area contributed by atoms with Crippen LogP contribution in [0.3, 0.4) is 0 Å². The molecule has 0 amide bonds. The largest absolute Gasteiger partial charge is 0.271 e. The molecule has 106 valence electrons. The number of nitrogens with two attached hydrogens (primary N) is 1. The summed E-state index contributed by atoms with van der Waals surface area (Å²) in [6, 6.07) is 5.74. The number of hydrazine groups is 1. The lowest BCUT2D eigenvalue weighted by Crippen LogP contribution is -2.43. The third-order valence-corrected chi connectivity index (χ3v) is 6.23. The van der Waals surface area contributed by atoms with E-state index in [0.717, 1.165) is 24.0 Å². The molecule has 2 atom stereocenters. The minimum absolute atomic E-state index is 0.279. The lowest BCUT2D eigenvalue weighted by Gasteiger charge is -2.30. The van der Waals surface area contributed by atoms with Crippen LogP contribution in [0.1, 0.15) is 42.0 Å². The molecule has 0 saturated carbocycles. The van der Waals surface area contributed by atoms with E-state index < -0.39 is 15.1 Å². The van der Waals surface area contributed by atoms with Gasteiger partial charge in [0.25, 0.3) is 0 Å². The monoisotopic (exact) mass is 282 g/mol. The Morgan fingerprint density at radius 3 is 2.63 bits per heavy atom. The Morgan fingerprint density at radius 1 is 1.32 bits per heavy atom. The molecule has 1 fully saturated rings. The van der Waals surface area contributed by atoms with Gasteiger partial charge in [-0.3, -0.25) is 11.3 Å². The van der Waals surface area contributed by atoms with Crippen molar-refractivity contribution in [1.29, 1.82) is 0 Å². The summed E-state index contributed by atoms with van der Waals surface area (Å²) in [6.07, 6.45) is 2.40. The fourth-order valence-electron chi connectivity index (χ4n) is 2.93. The molecule has 5 heteroatoms. The molecule has 4 nitrogen and oxygen atoms in total. The smallest absolute Gasteiger partial charge is 0.155 e. The van der Waals surface area contributed by atoms with Gasteiger partial charge in [0.2, 0.25) is 0 Å². The van der Waals surface area contributed by atoms with Crippen molar-refractivity contribution in [3.05, 3.63) is 34.9 Å². The van der Waals surface area contributed by atoms with Gasteiger partial charge in [-0.25, -0.2) is 8.42 Å². The number of aryl methyl sites for hydroxylation is 2. The summed E-state index contributed by atoms with van der Waals surface area (Å²) in [5.74, 6) is 5.93. The molecule has 3 N–H and O–H groups in total. The topological polar surface area (TPSA) is 72.2 Å². The predicted octanol–water partition coefficient (Wildman–Crippen LogP) is 1.78. The molecular formula is C14H22N2O2S. The van der Waals surface area contributed by atoms with E-state index in [2.05, 4.69) is 11.5 Å². The van der Waals surface area contributed by atoms with E-state index >= 15 is 0 Å². The van der Waals surface area contributed by atoms with E-state index in [1.165, 1.54) is 5.56 Å². The van der Waals surface area contributed by atoms with Gasteiger partial charge >= 0.3 is 0 Å². The van der Waals surface area contributed by atoms with Crippen LogP contribution in [0, 0.1) is 13.8 Å². The SMILES string of the molecule is Cc1ccc(C(NN)C2CCCCS2(=O)=O)c(C)c1. The first-order valence-corrected chi connectivity index (χ1v) is 8.42. The van der Waals surface area contributed by atoms with Crippen LogP contribution in [-0.2, 0) is 9.84 Å². The van der Waals surface area contributed by atoms with Crippen molar-refractivity contribution in [1.82, 2.24) is 5.43 Å². The first kappa shape index (κ1) is 14.5. The van der Waals surface area contributed by atoms with Gasteiger partial charge in [-0.15, -0.1) is 0 Å². The van der Waals surface area contributed by atoms with Crippen molar-refractivity contribution in [2.24, 2.45) is 5.84 Å². The van der Waals surface area contributed by atoms with E-state index in [0.29, 0.717) is 6.42 Å². The third kappa shape index (κ3) is 2.99. The zero-order valence-corrected chi connectivity index (χ0v) is 12.3. The van der Waals surface area contributed by atoms with Crippen molar-refractivity contribution < 1.29 is 8.42 Å². The number of hydrogen-bond acceptors (Lipinski definition) is 4. The molecule has 1 aliphatic rings. The molecule has 0 spiro atoms. The number of hydrogen-bond donors (Lipinski definition) is 2. The molecule has 2 unspecified atom stereocenters. The van der Waals surface area contributed by atoms with E-state index in [1.54, 1.807) is 0 Å². The molecule has 1 heterocycles. The highest BCUT2D eigenvalue weighted by Gasteiger charge is 2.36. The van der Waals surface area contributed by atoms with Crippen LogP contribution < -0.4 is 11.3 Å². The van der Waals surface area contributed by atoms with Crippen molar-refractivity contribution in [2.45, 2.75) is 44.4 Å². The summed E-state index contributed by atoms with van der Waals surface area (Å²) in [6.45, 7) is 4.03. The Hall–Kier alpha value is -0.910. The Balaban J connectivity index is 2.39. The van der Waals surface area contributed by atoms with Crippen molar-refractivity contribution in [3.8, 4) is 0 Å². The summed E-state index contributed by atoms with van der Waals surface area (Å²) in [5, 5.41) is -0.410. The van der Waals surface area contributed by atoms with E-state index in [4.69, 9.17) is 5.84 Å². The molecule has 1 aromatic carbocycles. The highest BCUT2D eigenvalue weighted by Crippen LogP contribution is 2.31. The molecule has 2 rings (SSSR count). The second kappa shape index (κ2) is 5.61. The predicted molar refractivity (Wildman–Crippen MR) is 77.4 cm³/mol. The third-order valence-electron chi connectivity index (χ3n) is 3.94. The standard InChI is InChI=1S/C14H22N2O2S/c1-10-6-7-12(11(2)9-10)14(16-15)13-5-3-4-8-19(13,17)18/h6-7,9,13-14,16H,3-5,8,15H2,1-2H3. The van der Waals surface area contributed by atoms with Crippen LogP contribution >= 0.6 is 0 Å². The van der Waals surface area contributed by atoms with Gasteiger partial charge in [0.05, 0.1) is 17.0 Å². The second-order valence-electron chi connectivity index (χ2n) is 5.41. The zero-order valence-electron chi connectivity index (χ0n) is 11.5. The van der Waals surface area contributed by atoms with Crippen LogP contribution in [-0.4, -0.2) is 19.4 Å².